The van der Waals surface area contributed by atoms with Crippen molar-refractivity contribution < 1.29 is 9.47 Å². The molecule has 1 heterocycles. The van der Waals surface area contributed by atoms with Crippen molar-refractivity contribution in [2.24, 2.45) is 0 Å². The summed E-state index contributed by atoms with van der Waals surface area (Å²) in [6.07, 6.45) is 3.22. The second kappa shape index (κ2) is 9.01. The molecule has 1 aliphatic heterocycles. The molecule has 1 aliphatic rings. The second-order valence-electron chi connectivity index (χ2n) is 6.05. The summed E-state index contributed by atoms with van der Waals surface area (Å²) in [6, 6.07) is 6.20. The van der Waals surface area contributed by atoms with E-state index in [9.17, 15) is 0 Å². The van der Waals surface area contributed by atoms with Gasteiger partial charge in [0, 0.05) is 26.2 Å². The molecule has 1 saturated heterocycles. The molecular weight excluding hydrogens is 276 g/mol. The van der Waals surface area contributed by atoms with E-state index in [-0.39, 0.29) is 0 Å². The third kappa shape index (κ3) is 4.89. The van der Waals surface area contributed by atoms with Gasteiger partial charge < -0.3 is 19.3 Å². The Balaban J connectivity index is 1.88. The average Bonchev–Trinajstić information content (AvgIpc) is 2.55. The minimum Gasteiger partial charge on any atom is -0.493 e. The van der Waals surface area contributed by atoms with E-state index in [0.29, 0.717) is 0 Å². The maximum Gasteiger partial charge on any atom is 0.164 e. The Hall–Kier alpha value is -1.26. The van der Waals surface area contributed by atoms with Gasteiger partial charge in [0.25, 0.3) is 0 Å². The summed E-state index contributed by atoms with van der Waals surface area (Å²) < 4.78 is 11.4. The minimum absolute atomic E-state index is 0.742. The van der Waals surface area contributed by atoms with Crippen molar-refractivity contribution in [1.29, 1.82) is 0 Å². The van der Waals surface area contributed by atoms with Gasteiger partial charge in [-0.15, -0.1) is 0 Å². The van der Waals surface area contributed by atoms with Gasteiger partial charge in [-0.05, 0) is 44.5 Å². The molecule has 22 heavy (non-hydrogen) atoms. The van der Waals surface area contributed by atoms with Crippen LogP contribution in [0.15, 0.2) is 18.2 Å². The first-order valence-electron chi connectivity index (χ1n) is 8.44. The molecule has 124 valence electrons. The second-order valence-corrected chi connectivity index (χ2v) is 6.05. The van der Waals surface area contributed by atoms with Crippen molar-refractivity contribution in [3.8, 4) is 11.5 Å². The number of likely N-dealkylation sites (N-methyl/N-ethyl adjacent to an activating group) is 1. The molecule has 1 aromatic rings. The maximum absolute atomic E-state index is 5.92. The Bertz CT molecular complexity index is 443. The third-order valence-electron chi connectivity index (χ3n) is 4.25. The van der Waals surface area contributed by atoms with Gasteiger partial charge in [0.1, 0.15) is 0 Å². The maximum atomic E-state index is 5.92. The molecule has 1 aromatic carbocycles. The van der Waals surface area contributed by atoms with Crippen LogP contribution in [0.3, 0.4) is 0 Å². The molecule has 0 aromatic heterocycles. The quantitative estimate of drug-likeness (QED) is 0.737. The average molecular weight is 306 g/mol. The number of methoxy groups -OCH3 is 1. The highest BCUT2D eigenvalue weighted by molar-refractivity contribution is 5.46. The van der Waals surface area contributed by atoms with E-state index in [2.05, 4.69) is 35.9 Å². The van der Waals surface area contributed by atoms with Gasteiger partial charge in [-0.2, -0.15) is 0 Å². The van der Waals surface area contributed by atoms with E-state index in [1.807, 2.05) is 6.07 Å². The van der Waals surface area contributed by atoms with Crippen LogP contribution in [0.25, 0.3) is 0 Å². The Morgan fingerprint density at radius 3 is 2.59 bits per heavy atom. The van der Waals surface area contributed by atoms with Crippen LogP contribution in [-0.4, -0.2) is 63.3 Å². The van der Waals surface area contributed by atoms with E-state index in [4.69, 9.17) is 9.47 Å². The normalized spacial score (nSPS) is 16.7. The molecule has 1 fully saturated rings. The fourth-order valence-electron chi connectivity index (χ4n) is 2.85. The van der Waals surface area contributed by atoms with Crippen LogP contribution >= 0.6 is 0 Å². The van der Waals surface area contributed by atoms with E-state index in [0.717, 1.165) is 37.5 Å². The Kier molecular flexibility index (Phi) is 7.00. The van der Waals surface area contributed by atoms with Gasteiger partial charge in [0.2, 0.25) is 0 Å². The van der Waals surface area contributed by atoms with Crippen LogP contribution in [0.4, 0.5) is 0 Å². The highest BCUT2D eigenvalue weighted by Gasteiger charge is 2.14. The number of piperazine rings is 1. The lowest BCUT2D eigenvalue weighted by Crippen LogP contribution is -2.44. The molecule has 4 heteroatoms. The largest absolute Gasteiger partial charge is 0.493 e. The molecule has 0 N–H and O–H groups in total. The first kappa shape index (κ1) is 17.1. The number of benzene rings is 1. The highest BCUT2D eigenvalue weighted by atomic mass is 16.5. The summed E-state index contributed by atoms with van der Waals surface area (Å²) in [6.45, 7) is 8.78. The molecule has 0 unspecified atom stereocenters. The molecule has 0 radical (unpaired) electrons. The van der Waals surface area contributed by atoms with Crippen molar-refractivity contribution >= 4 is 0 Å². The van der Waals surface area contributed by atoms with Gasteiger partial charge in [0.15, 0.2) is 11.5 Å². The van der Waals surface area contributed by atoms with Gasteiger partial charge in [-0.25, -0.2) is 0 Å². The number of rotatable bonds is 8. The molecule has 0 atom stereocenters. The lowest BCUT2D eigenvalue weighted by atomic mass is 10.1. The standard InChI is InChI=1S/C18H30N2O2/c1-4-15-22-18-16(7-5-9-17(18)21-3)8-6-10-20-13-11-19(2)12-14-20/h5,7,9H,4,6,8,10-15H2,1-3H3. The van der Waals surface area contributed by atoms with Crippen LogP contribution in [0.2, 0.25) is 0 Å². The summed E-state index contributed by atoms with van der Waals surface area (Å²) >= 11 is 0. The first-order valence-corrected chi connectivity index (χ1v) is 8.44. The van der Waals surface area contributed by atoms with Gasteiger partial charge in [-0.3, -0.25) is 0 Å². The van der Waals surface area contributed by atoms with Crippen molar-refractivity contribution in [1.82, 2.24) is 9.80 Å². The fourth-order valence-corrected chi connectivity index (χ4v) is 2.85. The van der Waals surface area contributed by atoms with E-state index < -0.39 is 0 Å². The zero-order valence-corrected chi connectivity index (χ0v) is 14.3. The Morgan fingerprint density at radius 2 is 1.91 bits per heavy atom. The molecule has 0 amide bonds. The van der Waals surface area contributed by atoms with Gasteiger partial charge >= 0.3 is 0 Å². The van der Waals surface area contributed by atoms with E-state index in [1.165, 1.54) is 38.2 Å². The molecular formula is C18H30N2O2. The van der Waals surface area contributed by atoms with Crippen molar-refractivity contribution in [3.05, 3.63) is 23.8 Å². The summed E-state index contributed by atoms with van der Waals surface area (Å²) in [5, 5.41) is 0. The molecule has 0 aliphatic carbocycles. The topological polar surface area (TPSA) is 24.9 Å². The predicted molar refractivity (Wildman–Crippen MR) is 91.0 cm³/mol. The highest BCUT2D eigenvalue weighted by Crippen LogP contribution is 2.32. The van der Waals surface area contributed by atoms with Crippen molar-refractivity contribution in [2.45, 2.75) is 26.2 Å². The van der Waals surface area contributed by atoms with Crippen molar-refractivity contribution in [2.75, 3.05) is 53.5 Å². The van der Waals surface area contributed by atoms with Crippen LogP contribution in [0, 0.1) is 0 Å². The first-order chi connectivity index (χ1) is 10.7. The van der Waals surface area contributed by atoms with E-state index >= 15 is 0 Å². The Labute approximate surface area is 135 Å². The number of para-hydroxylation sites is 1. The molecule has 0 saturated carbocycles. The van der Waals surface area contributed by atoms with Gasteiger partial charge in [-0.1, -0.05) is 19.1 Å². The molecule has 2 rings (SSSR count). The van der Waals surface area contributed by atoms with Gasteiger partial charge in [0.05, 0.1) is 13.7 Å². The molecule has 0 spiro atoms. The SMILES string of the molecule is CCCOc1c(CCCN2CCN(C)CC2)cccc1OC. The lowest BCUT2D eigenvalue weighted by molar-refractivity contribution is 0.153. The summed E-state index contributed by atoms with van der Waals surface area (Å²) in [5.74, 6) is 1.79. The zero-order chi connectivity index (χ0) is 15.8. The number of nitrogens with zero attached hydrogens (tertiary/aromatic N) is 2. The number of hydrogen-bond donors (Lipinski definition) is 0. The molecule has 4 nitrogen and oxygen atoms in total. The summed E-state index contributed by atoms with van der Waals surface area (Å²) in [7, 11) is 3.91. The van der Waals surface area contributed by atoms with Crippen LogP contribution in [0.1, 0.15) is 25.3 Å². The minimum atomic E-state index is 0.742. The summed E-state index contributed by atoms with van der Waals surface area (Å²) in [5.41, 5.74) is 1.27. The predicted octanol–water partition coefficient (Wildman–Crippen LogP) is 2.66. The van der Waals surface area contributed by atoms with Crippen LogP contribution in [-0.2, 0) is 6.42 Å². The van der Waals surface area contributed by atoms with Crippen LogP contribution < -0.4 is 9.47 Å². The van der Waals surface area contributed by atoms with Crippen molar-refractivity contribution in [3.63, 3.8) is 0 Å². The molecule has 0 bridgehead atoms. The number of aryl methyl sites for hydroxylation is 1. The third-order valence-corrected chi connectivity index (χ3v) is 4.25. The monoisotopic (exact) mass is 306 g/mol. The smallest absolute Gasteiger partial charge is 0.164 e. The zero-order valence-electron chi connectivity index (χ0n) is 14.3. The van der Waals surface area contributed by atoms with E-state index in [1.54, 1.807) is 7.11 Å². The fraction of sp³-hybridized carbons (Fsp3) is 0.667. The van der Waals surface area contributed by atoms with Crippen LogP contribution in [0.5, 0.6) is 11.5 Å². The Morgan fingerprint density at radius 1 is 1.14 bits per heavy atom. The summed E-state index contributed by atoms with van der Waals surface area (Å²) in [4.78, 5) is 4.96. The lowest BCUT2D eigenvalue weighted by Gasteiger charge is -2.32. The number of ether oxygens (including phenoxy) is 2. The number of hydrogen-bond acceptors (Lipinski definition) is 4.